The molecule has 1 aliphatic heterocycles. The van der Waals surface area contributed by atoms with Gasteiger partial charge in [-0.25, -0.2) is 13.1 Å². The van der Waals surface area contributed by atoms with Crippen LogP contribution in [-0.2, 0) is 16.6 Å². The molecule has 1 aliphatic rings. The van der Waals surface area contributed by atoms with E-state index in [9.17, 15) is 13.5 Å². The quantitative estimate of drug-likeness (QED) is 0.710. The van der Waals surface area contributed by atoms with E-state index >= 15 is 0 Å². The number of nitrogens with one attached hydrogen (secondary N) is 1. The van der Waals surface area contributed by atoms with E-state index in [1.54, 1.807) is 6.08 Å². The predicted octanol–water partition coefficient (Wildman–Crippen LogP) is 1.89. The Hall–Kier alpha value is -1.37. The minimum Gasteiger partial charge on any atom is -0.396 e. The van der Waals surface area contributed by atoms with E-state index in [-0.39, 0.29) is 12.4 Å². The van der Waals surface area contributed by atoms with Crippen molar-refractivity contribution in [2.24, 2.45) is 5.92 Å². The summed E-state index contributed by atoms with van der Waals surface area (Å²) in [6.07, 6.45) is 4.09. The summed E-state index contributed by atoms with van der Waals surface area (Å²) in [6.45, 7) is 6.04. The summed E-state index contributed by atoms with van der Waals surface area (Å²) in [6, 6.07) is 7.99. The van der Waals surface area contributed by atoms with Gasteiger partial charge in [0.25, 0.3) is 0 Å². The molecule has 0 bridgehead atoms. The Labute approximate surface area is 139 Å². The Bertz CT molecular complexity index is 591. The monoisotopic (exact) mass is 338 g/mol. The lowest BCUT2D eigenvalue weighted by atomic mass is 9.97. The van der Waals surface area contributed by atoms with Crippen molar-refractivity contribution in [2.45, 2.75) is 25.8 Å². The number of rotatable bonds is 8. The van der Waals surface area contributed by atoms with Gasteiger partial charge in [-0.3, -0.25) is 0 Å². The van der Waals surface area contributed by atoms with Crippen molar-refractivity contribution >= 4 is 15.7 Å². The molecule has 1 heterocycles. The van der Waals surface area contributed by atoms with Crippen LogP contribution in [0.2, 0.25) is 0 Å². The molecule has 0 aromatic heterocycles. The molecule has 0 spiro atoms. The smallest absolute Gasteiger partial charge is 0.212 e. The molecule has 2 rings (SSSR count). The number of aliphatic hydroxyl groups excluding tert-OH is 1. The molecule has 2 N–H and O–H groups in total. The highest BCUT2D eigenvalue weighted by Gasteiger charge is 2.18. The van der Waals surface area contributed by atoms with E-state index < -0.39 is 10.0 Å². The summed E-state index contributed by atoms with van der Waals surface area (Å²) in [5, 5.41) is 9.18. The zero-order valence-electron chi connectivity index (χ0n) is 13.4. The van der Waals surface area contributed by atoms with Crippen molar-refractivity contribution in [3.05, 3.63) is 42.5 Å². The number of hydrogen-bond donors (Lipinski definition) is 2. The fraction of sp³-hybridized carbons (Fsp3) is 0.529. The molecule has 1 fully saturated rings. The van der Waals surface area contributed by atoms with E-state index in [0.29, 0.717) is 18.9 Å². The van der Waals surface area contributed by atoms with Gasteiger partial charge in [-0.15, -0.1) is 6.58 Å². The maximum absolute atomic E-state index is 11.7. The Balaban J connectivity index is 1.86. The van der Waals surface area contributed by atoms with Crippen molar-refractivity contribution in [2.75, 3.05) is 30.3 Å². The third-order valence-electron chi connectivity index (χ3n) is 4.26. The molecule has 128 valence electrons. The highest BCUT2D eigenvalue weighted by molar-refractivity contribution is 7.89. The number of benzene rings is 1. The molecule has 0 aliphatic carbocycles. The lowest BCUT2D eigenvalue weighted by molar-refractivity contribution is 0.203. The van der Waals surface area contributed by atoms with Crippen LogP contribution < -0.4 is 9.62 Å². The molecule has 0 atom stereocenters. The molecule has 1 saturated heterocycles. The van der Waals surface area contributed by atoms with Crippen LogP contribution in [0.25, 0.3) is 0 Å². The lowest BCUT2D eigenvalue weighted by Gasteiger charge is -2.33. The second-order valence-corrected chi connectivity index (χ2v) is 7.92. The van der Waals surface area contributed by atoms with Gasteiger partial charge in [-0.1, -0.05) is 18.2 Å². The van der Waals surface area contributed by atoms with Crippen LogP contribution in [0.5, 0.6) is 0 Å². The molecule has 0 saturated carbocycles. The Kier molecular flexibility index (Phi) is 6.62. The molecule has 6 heteroatoms. The number of nitrogens with zero attached hydrogens (tertiary/aromatic N) is 1. The number of sulfonamides is 1. The van der Waals surface area contributed by atoms with Crippen LogP contribution in [0.3, 0.4) is 0 Å². The normalized spacial score (nSPS) is 16.5. The minimum absolute atomic E-state index is 0.0778. The average Bonchev–Trinajstić information content (AvgIpc) is 2.59. The first kappa shape index (κ1) is 18.0. The van der Waals surface area contributed by atoms with Gasteiger partial charge in [0.1, 0.15) is 0 Å². The lowest BCUT2D eigenvalue weighted by Crippen LogP contribution is -2.34. The number of piperidine rings is 1. The van der Waals surface area contributed by atoms with E-state index in [2.05, 4.69) is 16.2 Å². The summed E-state index contributed by atoms with van der Waals surface area (Å²) in [5.74, 6) is 0.504. The van der Waals surface area contributed by atoms with Crippen LogP contribution in [-0.4, -0.2) is 39.0 Å². The first-order valence-corrected chi connectivity index (χ1v) is 9.72. The highest BCUT2D eigenvalue weighted by atomic mass is 32.2. The van der Waals surface area contributed by atoms with Gasteiger partial charge in [0.15, 0.2) is 0 Å². The Morgan fingerprint density at radius 1 is 1.26 bits per heavy atom. The van der Waals surface area contributed by atoms with Gasteiger partial charge in [-0.05, 0) is 42.9 Å². The van der Waals surface area contributed by atoms with Crippen LogP contribution >= 0.6 is 0 Å². The summed E-state index contributed by atoms with van der Waals surface area (Å²) in [4.78, 5) is 2.31. The van der Waals surface area contributed by atoms with E-state index in [1.165, 1.54) is 0 Å². The zero-order valence-corrected chi connectivity index (χ0v) is 14.3. The van der Waals surface area contributed by atoms with Crippen LogP contribution in [0.4, 0.5) is 5.69 Å². The van der Waals surface area contributed by atoms with E-state index in [0.717, 1.165) is 37.2 Å². The molecule has 23 heavy (non-hydrogen) atoms. The third-order valence-corrected chi connectivity index (χ3v) is 5.62. The summed E-state index contributed by atoms with van der Waals surface area (Å²) in [7, 11) is -3.24. The SMILES string of the molecule is C=CCCS(=O)(=O)NCc1ccc(N2CCC(CO)CC2)cc1. The number of anilines is 1. The van der Waals surface area contributed by atoms with Gasteiger partial charge in [0.2, 0.25) is 10.0 Å². The standard InChI is InChI=1S/C17H26N2O3S/c1-2-3-12-23(21,22)18-13-15-4-6-17(7-5-15)19-10-8-16(14-20)9-11-19/h2,4-7,16,18,20H,1,3,8-14H2. The van der Waals surface area contributed by atoms with Crippen molar-refractivity contribution in [3.8, 4) is 0 Å². The Morgan fingerprint density at radius 3 is 2.48 bits per heavy atom. The van der Waals surface area contributed by atoms with Crippen LogP contribution in [0.15, 0.2) is 36.9 Å². The highest BCUT2D eigenvalue weighted by Crippen LogP contribution is 2.23. The number of aliphatic hydroxyl groups is 1. The second-order valence-electron chi connectivity index (χ2n) is 6.00. The maximum atomic E-state index is 11.7. The molecular weight excluding hydrogens is 312 g/mol. The topological polar surface area (TPSA) is 69.6 Å². The van der Waals surface area contributed by atoms with Crippen molar-refractivity contribution in [1.29, 1.82) is 0 Å². The maximum Gasteiger partial charge on any atom is 0.212 e. The van der Waals surface area contributed by atoms with E-state index in [1.807, 2.05) is 24.3 Å². The summed E-state index contributed by atoms with van der Waals surface area (Å²) >= 11 is 0. The molecule has 1 aromatic carbocycles. The molecule has 0 radical (unpaired) electrons. The zero-order chi connectivity index (χ0) is 16.7. The minimum atomic E-state index is -3.24. The fourth-order valence-corrected chi connectivity index (χ4v) is 3.71. The average molecular weight is 338 g/mol. The van der Waals surface area contributed by atoms with Gasteiger partial charge >= 0.3 is 0 Å². The first-order valence-electron chi connectivity index (χ1n) is 8.07. The van der Waals surface area contributed by atoms with Crippen LogP contribution in [0.1, 0.15) is 24.8 Å². The largest absolute Gasteiger partial charge is 0.396 e. The predicted molar refractivity (Wildman–Crippen MR) is 93.9 cm³/mol. The van der Waals surface area contributed by atoms with Crippen LogP contribution in [0, 0.1) is 5.92 Å². The summed E-state index contributed by atoms with van der Waals surface area (Å²) < 4.78 is 26.1. The number of hydrogen-bond acceptors (Lipinski definition) is 4. The third kappa shape index (κ3) is 5.64. The molecule has 0 amide bonds. The van der Waals surface area contributed by atoms with Gasteiger partial charge in [0.05, 0.1) is 5.75 Å². The Morgan fingerprint density at radius 2 is 1.91 bits per heavy atom. The van der Waals surface area contributed by atoms with Gasteiger partial charge in [0, 0.05) is 31.9 Å². The molecule has 0 unspecified atom stereocenters. The van der Waals surface area contributed by atoms with Gasteiger partial charge in [-0.2, -0.15) is 0 Å². The van der Waals surface area contributed by atoms with E-state index in [4.69, 9.17) is 0 Å². The van der Waals surface area contributed by atoms with Gasteiger partial charge < -0.3 is 10.0 Å². The molecular formula is C17H26N2O3S. The number of allylic oxidation sites excluding steroid dienone is 1. The van der Waals surface area contributed by atoms with Crippen molar-refractivity contribution in [3.63, 3.8) is 0 Å². The summed E-state index contributed by atoms with van der Waals surface area (Å²) in [5.41, 5.74) is 2.10. The first-order chi connectivity index (χ1) is 11.0. The fourth-order valence-electron chi connectivity index (χ4n) is 2.70. The van der Waals surface area contributed by atoms with Crippen molar-refractivity contribution < 1.29 is 13.5 Å². The molecule has 1 aromatic rings. The second kappa shape index (κ2) is 8.47. The van der Waals surface area contributed by atoms with Crippen molar-refractivity contribution in [1.82, 2.24) is 4.72 Å². The molecule has 5 nitrogen and oxygen atoms in total.